The number of anilines is 1. The molecule has 0 bridgehead atoms. The van der Waals surface area contributed by atoms with Crippen molar-refractivity contribution < 1.29 is 9.72 Å². The molecule has 1 fully saturated rings. The van der Waals surface area contributed by atoms with Gasteiger partial charge in [-0.1, -0.05) is 30.3 Å². The highest BCUT2D eigenvalue weighted by atomic mass is 16.6. The summed E-state index contributed by atoms with van der Waals surface area (Å²) in [6.45, 7) is 1.47. The molecule has 1 aliphatic rings. The maximum absolute atomic E-state index is 12.4. The molecule has 1 aromatic heterocycles. The summed E-state index contributed by atoms with van der Waals surface area (Å²) in [5.74, 6) is 0.770. The van der Waals surface area contributed by atoms with Crippen LogP contribution in [0.1, 0.15) is 34.9 Å². The number of rotatable bonds is 5. The minimum absolute atomic E-state index is 0.0931. The molecule has 0 aliphatic carbocycles. The van der Waals surface area contributed by atoms with Crippen LogP contribution in [-0.4, -0.2) is 40.9 Å². The van der Waals surface area contributed by atoms with Crippen molar-refractivity contribution in [3.63, 3.8) is 0 Å². The predicted octanol–water partition coefficient (Wildman–Crippen LogP) is 3.73. The van der Waals surface area contributed by atoms with E-state index in [1.807, 2.05) is 36.5 Å². The fraction of sp³-hybridized carbons (Fsp3) is 0.273. The molecule has 30 heavy (non-hydrogen) atoms. The van der Waals surface area contributed by atoms with E-state index in [4.69, 9.17) is 0 Å². The van der Waals surface area contributed by atoms with Crippen LogP contribution in [0.25, 0.3) is 11.3 Å². The molecule has 1 saturated heterocycles. The van der Waals surface area contributed by atoms with E-state index in [9.17, 15) is 14.9 Å². The van der Waals surface area contributed by atoms with Gasteiger partial charge in [-0.05, 0) is 24.5 Å². The van der Waals surface area contributed by atoms with Gasteiger partial charge in [0, 0.05) is 38.2 Å². The second kappa shape index (κ2) is 8.36. The molecule has 1 unspecified atom stereocenters. The van der Waals surface area contributed by atoms with Crippen molar-refractivity contribution in [2.45, 2.75) is 18.8 Å². The summed E-state index contributed by atoms with van der Waals surface area (Å²) in [5.41, 5.74) is 2.99. The first-order valence-corrected chi connectivity index (χ1v) is 9.92. The van der Waals surface area contributed by atoms with Crippen molar-refractivity contribution in [1.82, 2.24) is 15.3 Å². The summed E-state index contributed by atoms with van der Waals surface area (Å²) in [5, 5.41) is 13.7. The molecule has 0 spiro atoms. The second-order valence-corrected chi connectivity index (χ2v) is 7.37. The van der Waals surface area contributed by atoms with Crippen LogP contribution >= 0.6 is 0 Å². The third-order valence-corrected chi connectivity index (χ3v) is 5.49. The maximum Gasteiger partial charge on any atom is 0.270 e. The summed E-state index contributed by atoms with van der Waals surface area (Å²) < 4.78 is 0. The fourth-order valence-electron chi connectivity index (χ4n) is 3.96. The van der Waals surface area contributed by atoms with E-state index in [2.05, 4.69) is 20.2 Å². The number of aromatic amines is 1. The lowest BCUT2D eigenvalue weighted by atomic mass is 9.96. The third-order valence-electron chi connectivity index (χ3n) is 5.49. The molecule has 8 heteroatoms. The Kier molecular flexibility index (Phi) is 5.47. The Balaban J connectivity index is 1.60. The SMILES string of the molecule is CNC(=O)c1cc([N+](=O)[O-])ccc1N1CCCC(c2ncc(-c3ccccc3)[nH]2)C1. The number of carbonyl (C=O) groups is 1. The minimum atomic E-state index is -0.483. The van der Waals surface area contributed by atoms with Gasteiger partial charge in [-0.2, -0.15) is 0 Å². The molecule has 0 radical (unpaired) electrons. The van der Waals surface area contributed by atoms with Crippen molar-refractivity contribution in [3.8, 4) is 11.3 Å². The Morgan fingerprint density at radius 2 is 2.07 bits per heavy atom. The number of imidazole rings is 1. The highest BCUT2D eigenvalue weighted by molar-refractivity contribution is 6.00. The van der Waals surface area contributed by atoms with Crippen LogP contribution in [-0.2, 0) is 0 Å². The van der Waals surface area contributed by atoms with Gasteiger partial charge in [-0.3, -0.25) is 14.9 Å². The summed E-state index contributed by atoms with van der Waals surface area (Å²) in [6, 6.07) is 14.5. The topological polar surface area (TPSA) is 104 Å². The van der Waals surface area contributed by atoms with Crippen LogP contribution in [0.2, 0.25) is 0 Å². The molecule has 0 saturated carbocycles. The van der Waals surface area contributed by atoms with E-state index in [1.165, 1.54) is 19.2 Å². The zero-order chi connectivity index (χ0) is 21.1. The second-order valence-electron chi connectivity index (χ2n) is 7.37. The first-order chi connectivity index (χ1) is 14.6. The van der Waals surface area contributed by atoms with Crippen LogP contribution in [0.5, 0.6) is 0 Å². The lowest BCUT2D eigenvalue weighted by molar-refractivity contribution is -0.384. The zero-order valence-electron chi connectivity index (χ0n) is 16.7. The number of nitro groups is 1. The predicted molar refractivity (Wildman–Crippen MR) is 115 cm³/mol. The number of nitrogens with one attached hydrogen (secondary N) is 2. The van der Waals surface area contributed by atoms with Gasteiger partial charge in [-0.25, -0.2) is 4.98 Å². The molecule has 4 rings (SSSR count). The Labute approximate surface area is 174 Å². The van der Waals surface area contributed by atoms with E-state index in [0.29, 0.717) is 17.8 Å². The number of amides is 1. The van der Waals surface area contributed by atoms with Crippen molar-refractivity contribution in [2.75, 3.05) is 25.0 Å². The summed E-state index contributed by atoms with van der Waals surface area (Å²) in [6.07, 6.45) is 3.78. The molecular weight excluding hydrogens is 382 g/mol. The van der Waals surface area contributed by atoms with Gasteiger partial charge in [0.1, 0.15) is 5.82 Å². The monoisotopic (exact) mass is 405 g/mol. The first kappa shape index (κ1) is 19.6. The number of H-pyrrole nitrogens is 1. The van der Waals surface area contributed by atoms with Gasteiger partial charge in [0.2, 0.25) is 0 Å². The van der Waals surface area contributed by atoms with Gasteiger partial charge in [0.05, 0.1) is 28.1 Å². The smallest absolute Gasteiger partial charge is 0.270 e. The number of nitrogens with zero attached hydrogens (tertiary/aromatic N) is 3. The van der Waals surface area contributed by atoms with Gasteiger partial charge in [-0.15, -0.1) is 0 Å². The van der Waals surface area contributed by atoms with Crippen LogP contribution in [0.4, 0.5) is 11.4 Å². The van der Waals surface area contributed by atoms with Crippen LogP contribution in [0, 0.1) is 10.1 Å². The highest BCUT2D eigenvalue weighted by Gasteiger charge is 2.27. The normalized spacial score (nSPS) is 16.3. The number of nitro benzene ring substituents is 1. The highest BCUT2D eigenvalue weighted by Crippen LogP contribution is 2.33. The Morgan fingerprint density at radius 1 is 1.27 bits per heavy atom. The molecule has 1 atom stereocenters. The number of piperidine rings is 1. The average molecular weight is 405 g/mol. The lowest BCUT2D eigenvalue weighted by Gasteiger charge is -2.34. The molecule has 3 aromatic rings. The van der Waals surface area contributed by atoms with E-state index in [0.717, 1.165) is 36.5 Å². The number of aromatic nitrogens is 2. The zero-order valence-corrected chi connectivity index (χ0v) is 16.7. The van der Waals surface area contributed by atoms with Crippen molar-refractivity contribution in [2.24, 2.45) is 0 Å². The molecule has 154 valence electrons. The number of non-ortho nitro benzene ring substituents is 1. The van der Waals surface area contributed by atoms with E-state index < -0.39 is 4.92 Å². The van der Waals surface area contributed by atoms with E-state index >= 15 is 0 Å². The van der Waals surface area contributed by atoms with Crippen molar-refractivity contribution in [1.29, 1.82) is 0 Å². The molecule has 2 N–H and O–H groups in total. The van der Waals surface area contributed by atoms with Crippen LogP contribution in [0.15, 0.2) is 54.7 Å². The largest absolute Gasteiger partial charge is 0.370 e. The summed E-state index contributed by atoms with van der Waals surface area (Å²) in [7, 11) is 1.53. The minimum Gasteiger partial charge on any atom is -0.370 e. The number of hydrogen-bond donors (Lipinski definition) is 2. The standard InChI is InChI=1S/C22H23N5O3/c1-23-22(28)18-12-17(27(29)30)9-10-20(18)26-11-5-8-16(14-26)21-24-13-19(25-21)15-6-3-2-4-7-15/h2-4,6-7,9-10,12-13,16H,5,8,11,14H2,1H3,(H,23,28)(H,24,25). The third kappa shape index (κ3) is 3.89. The maximum atomic E-state index is 12.4. The van der Waals surface area contributed by atoms with Gasteiger partial charge in [0.15, 0.2) is 0 Å². The Bertz CT molecular complexity index is 1060. The molecular formula is C22H23N5O3. The Hall–Kier alpha value is -3.68. The Morgan fingerprint density at radius 3 is 2.80 bits per heavy atom. The van der Waals surface area contributed by atoms with Gasteiger partial charge < -0.3 is 15.2 Å². The number of benzene rings is 2. The van der Waals surface area contributed by atoms with E-state index in [1.54, 1.807) is 6.07 Å². The lowest BCUT2D eigenvalue weighted by Crippen LogP contribution is -2.36. The van der Waals surface area contributed by atoms with Crippen LogP contribution < -0.4 is 10.2 Å². The summed E-state index contributed by atoms with van der Waals surface area (Å²) >= 11 is 0. The summed E-state index contributed by atoms with van der Waals surface area (Å²) in [4.78, 5) is 33.2. The molecule has 8 nitrogen and oxygen atoms in total. The van der Waals surface area contributed by atoms with Gasteiger partial charge >= 0.3 is 0 Å². The number of carbonyl (C=O) groups excluding carboxylic acids is 1. The average Bonchev–Trinajstić information content (AvgIpc) is 3.29. The van der Waals surface area contributed by atoms with Gasteiger partial charge in [0.25, 0.3) is 11.6 Å². The van der Waals surface area contributed by atoms with E-state index in [-0.39, 0.29) is 17.5 Å². The fourth-order valence-corrected chi connectivity index (χ4v) is 3.96. The molecule has 1 aliphatic heterocycles. The van der Waals surface area contributed by atoms with Crippen molar-refractivity contribution >= 4 is 17.3 Å². The molecule has 2 aromatic carbocycles. The quantitative estimate of drug-likeness (QED) is 0.497. The van der Waals surface area contributed by atoms with Crippen LogP contribution in [0.3, 0.4) is 0 Å². The molecule has 1 amide bonds. The first-order valence-electron chi connectivity index (χ1n) is 9.92. The molecule has 2 heterocycles. The number of hydrogen-bond acceptors (Lipinski definition) is 5. The van der Waals surface area contributed by atoms with Crippen molar-refractivity contribution in [3.05, 3.63) is 76.2 Å².